The third kappa shape index (κ3) is 3.65. The van der Waals surface area contributed by atoms with Gasteiger partial charge in [-0.25, -0.2) is 4.39 Å². The first-order chi connectivity index (χ1) is 12.2. The number of ether oxygens (including phenoxy) is 1. The normalized spacial score (nSPS) is 20.6. The van der Waals surface area contributed by atoms with Crippen molar-refractivity contribution >= 4 is 11.6 Å². The molecule has 0 N–H and O–H groups in total. The second-order valence-corrected chi connectivity index (χ2v) is 7.20. The maximum absolute atomic E-state index is 13.4. The number of halogens is 2. The van der Waals surface area contributed by atoms with E-state index in [-0.39, 0.29) is 5.02 Å². The summed E-state index contributed by atoms with van der Waals surface area (Å²) in [5.41, 5.74) is 0. The van der Waals surface area contributed by atoms with Crippen molar-refractivity contribution in [3.05, 3.63) is 40.7 Å². The first kappa shape index (κ1) is 16.8. The van der Waals surface area contributed by atoms with E-state index in [2.05, 4.69) is 19.7 Å². The first-order valence-electron chi connectivity index (χ1n) is 8.93. The van der Waals surface area contributed by atoms with Crippen LogP contribution >= 0.6 is 11.6 Å². The highest BCUT2D eigenvalue weighted by Crippen LogP contribution is 2.28. The molecule has 1 aromatic carbocycles. The van der Waals surface area contributed by atoms with Crippen LogP contribution in [0.1, 0.15) is 36.8 Å². The number of nitrogens with zero attached hydrogens (tertiary/aromatic N) is 4. The van der Waals surface area contributed by atoms with E-state index in [9.17, 15) is 4.39 Å². The van der Waals surface area contributed by atoms with Crippen LogP contribution in [0.2, 0.25) is 5.02 Å². The number of piperidine rings is 1. The smallest absolute Gasteiger partial charge is 0.145 e. The third-order valence-corrected chi connectivity index (χ3v) is 5.38. The van der Waals surface area contributed by atoms with Gasteiger partial charge in [0.25, 0.3) is 0 Å². The topological polar surface area (TPSA) is 43.2 Å². The summed E-state index contributed by atoms with van der Waals surface area (Å²) in [6.45, 7) is 4.46. The molecule has 1 saturated heterocycles. The van der Waals surface area contributed by atoms with Gasteiger partial charge in [0, 0.05) is 38.0 Å². The summed E-state index contributed by atoms with van der Waals surface area (Å²) in [7, 11) is 0. The Hall–Kier alpha value is -1.66. The zero-order valence-corrected chi connectivity index (χ0v) is 14.9. The van der Waals surface area contributed by atoms with Crippen LogP contribution in [-0.2, 0) is 13.0 Å². The van der Waals surface area contributed by atoms with Crippen molar-refractivity contribution < 1.29 is 9.13 Å². The van der Waals surface area contributed by atoms with Gasteiger partial charge in [-0.05, 0) is 37.9 Å². The van der Waals surface area contributed by atoms with Crippen molar-refractivity contribution in [2.75, 3.05) is 26.2 Å². The van der Waals surface area contributed by atoms with Crippen LogP contribution in [0.25, 0.3) is 0 Å². The van der Waals surface area contributed by atoms with E-state index in [1.807, 2.05) is 0 Å². The molecule has 0 aliphatic carbocycles. The molecule has 0 saturated carbocycles. The van der Waals surface area contributed by atoms with E-state index < -0.39 is 5.82 Å². The molecule has 2 aromatic rings. The largest absolute Gasteiger partial charge is 0.492 e. The van der Waals surface area contributed by atoms with Gasteiger partial charge in [-0.2, -0.15) is 0 Å². The first-order valence-corrected chi connectivity index (χ1v) is 9.30. The highest BCUT2D eigenvalue weighted by molar-refractivity contribution is 6.30. The molecule has 1 unspecified atom stereocenters. The second kappa shape index (κ2) is 7.30. The minimum absolute atomic E-state index is 0.118. The Balaban J connectivity index is 1.31. The molecule has 0 amide bonds. The summed E-state index contributed by atoms with van der Waals surface area (Å²) in [5, 5.41) is 8.90. The number of hydrogen-bond acceptors (Lipinski definition) is 4. The summed E-state index contributed by atoms with van der Waals surface area (Å²) in [6.07, 6.45) is 4.55. The maximum Gasteiger partial charge on any atom is 0.145 e. The van der Waals surface area contributed by atoms with Crippen molar-refractivity contribution in [1.82, 2.24) is 19.7 Å². The highest BCUT2D eigenvalue weighted by atomic mass is 35.5. The Morgan fingerprint density at radius 1 is 1.24 bits per heavy atom. The molecule has 25 heavy (non-hydrogen) atoms. The molecule has 2 aliphatic heterocycles. The fraction of sp³-hybridized carbons (Fsp3) is 0.556. The average Bonchev–Trinajstić information content (AvgIpc) is 3.22. The molecule has 0 spiro atoms. The third-order valence-electron chi connectivity index (χ3n) is 5.08. The molecule has 134 valence electrons. The van der Waals surface area contributed by atoms with E-state index in [0.29, 0.717) is 18.3 Å². The van der Waals surface area contributed by atoms with Gasteiger partial charge >= 0.3 is 0 Å². The number of likely N-dealkylation sites (tertiary alicyclic amines) is 1. The van der Waals surface area contributed by atoms with E-state index in [1.54, 1.807) is 6.07 Å². The van der Waals surface area contributed by atoms with Gasteiger partial charge in [0.1, 0.15) is 29.8 Å². The van der Waals surface area contributed by atoms with E-state index in [4.69, 9.17) is 16.3 Å². The molecular weight excluding hydrogens is 343 g/mol. The van der Waals surface area contributed by atoms with Crippen LogP contribution in [-0.4, -0.2) is 45.9 Å². The number of aryl methyl sites for hydroxylation is 1. The van der Waals surface area contributed by atoms with E-state index >= 15 is 0 Å². The predicted molar refractivity (Wildman–Crippen MR) is 93.7 cm³/mol. The lowest BCUT2D eigenvalue weighted by molar-refractivity contribution is 0.166. The molecule has 0 radical (unpaired) electrons. The summed E-state index contributed by atoms with van der Waals surface area (Å²) < 4.78 is 21.4. The van der Waals surface area contributed by atoms with Crippen LogP contribution in [0.3, 0.4) is 0 Å². The van der Waals surface area contributed by atoms with Gasteiger partial charge in [-0.1, -0.05) is 11.6 Å². The van der Waals surface area contributed by atoms with Gasteiger partial charge < -0.3 is 9.30 Å². The summed E-state index contributed by atoms with van der Waals surface area (Å²) in [6, 6.07) is 4.56. The highest BCUT2D eigenvalue weighted by Gasteiger charge is 2.28. The standard InChI is InChI=1S/C18H22ClFN4O/c19-15-6-5-14(11-16(15)20)25-10-9-23-7-1-3-13(12-23)18-22-21-17-4-2-8-24(17)18/h5-6,11,13H,1-4,7-10,12H2. The number of fused-ring (bicyclic) bond motifs is 1. The molecule has 5 nitrogen and oxygen atoms in total. The Kier molecular flexibility index (Phi) is 4.90. The molecular formula is C18H22ClFN4O. The minimum Gasteiger partial charge on any atom is -0.492 e. The molecule has 7 heteroatoms. The molecule has 3 heterocycles. The van der Waals surface area contributed by atoms with Gasteiger partial charge in [-0.15, -0.1) is 10.2 Å². The SMILES string of the molecule is Fc1cc(OCCN2CCCC(c3nnc4n3CCC4)C2)ccc1Cl. The number of rotatable bonds is 5. The second-order valence-electron chi connectivity index (χ2n) is 6.79. The van der Waals surface area contributed by atoms with Crippen LogP contribution in [0.15, 0.2) is 18.2 Å². The fourth-order valence-corrected chi connectivity index (χ4v) is 3.92. The van der Waals surface area contributed by atoms with Crippen LogP contribution in [0, 0.1) is 5.82 Å². The minimum atomic E-state index is -0.446. The fourth-order valence-electron chi connectivity index (χ4n) is 3.80. The molecule has 1 aromatic heterocycles. The Labute approximate surface area is 151 Å². The van der Waals surface area contributed by atoms with Crippen molar-refractivity contribution in [3.63, 3.8) is 0 Å². The lowest BCUT2D eigenvalue weighted by Gasteiger charge is -2.32. The Morgan fingerprint density at radius 3 is 3.04 bits per heavy atom. The Morgan fingerprint density at radius 2 is 2.16 bits per heavy atom. The van der Waals surface area contributed by atoms with E-state index in [1.165, 1.54) is 18.6 Å². The number of hydrogen-bond donors (Lipinski definition) is 0. The lowest BCUT2D eigenvalue weighted by atomic mass is 9.97. The number of aromatic nitrogens is 3. The monoisotopic (exact) mass is 364 g/mol. The Bertz CT molecular complexity index is 751. The van der Waals surface area contributed by atoms with Crippen LogP contribution < -0.4 is 4.74 Å². The molecule has 2 aliphatic rings. The van der Waals surface area contributed by atoms with Crippen LogP contribution in [0.4, 0.5) is 4.39 Å². The zero-order valence-electron chi connectivity index (χ0n) is 14.1. The molecule has 0 bridgehead atoms. The van der Waals surface area contributed by atoms with Crippen molar-refractivity contribution in [3.8, 4) is 5.75 Å². The lowest BCUT2D eigenvalue weighted by Crippen LogP contribution is -2.37. The molecule has 1 fully saturated rings. The quantitative estimate of drug-likeness (QED) is 0.816. The van der Waals surface area contributed by atoms with E-state index in [0.717, 1.165) is 57.1 Å². The summed E-state index contributed by atoms with van der Waals surface area (Å²) >= 11 is 5.69. The number of benzene rings is 1. The molecule has 1 atom stereocenters. The average molecular weight is 365 g/mol. The maximum atomic E-state index is 13.4. The van der Waals surface area contributed by atoms with Crippen molar-refractivity contribution in [2.45, 2.75) is 38.1 Å². The molecule has 4 rings (SSSR count). The van der Waals surface area contributed by atoms with Gasteiger partial charge in [-0.3, -0.25) is 4.90 Å². The van der Waals surface area contributed by atoms with Crippen molar-refractivity contribution in [2.24, 2.45) is 0 Å². The summed E-state index contributed by atoms with van der Waals surface area (Å²) in [4.78, 5) is 2.40. The van der Waals surface area contributed by atoms with Gasteiger partial charge in [0.15, 0.2) is 0 Å². The zero-order chi connectivity index (χ0) is 17.2. The predicted octanol–water partition coefficient (Wildman–Crippen LogP) is 3.28. The summed E-state index contributed by atoms with van der Waals surface area (Å²) in [5.74, 6) is 2.81. The van der Waals surface area contributed by atoms with Gasteiger partial charge in [0.2, 0.25) is 0 Å². The van der Waals surface area contributed by atoms with Gasteiger partial charge in [0.05, 0.1) is 5.02 Å². The van der Waals surface area contributed by atoms with Crippen LogP contribution in [0.5, 0.6) is 5.75 Å². The van der Waals surface area contributed by atoms with Crippen molar-refractivity contribution in [1.29, 1.82) is 0 Å².